The minimum absolute atomic E-state index is 0.0241. The van der Waals surface area contributed by atoms with Crippen LogP contribution in [-0.4, -0.2) is 45.9 Å². The fourth-order valence-corrected chi connectivity index (χ4v) is 2.80. The van der Waals surface area contributed by atoms with E-state index in [0.29, 0.717) is 31.7 Å². The van der Waals surface area contributed by atoms with E-state index in [-0.39, 0.29) is 16.6 Å². The molecule has 0 aliphatic heterocycles. The van der Waals surface area contributed by atoms with Crippen molar-refractivity contribution in [2.75, 3.05) is 32.6 Å². The minimum atomic E-state index is -3.67. The van der Waals surface area contributed by atoms with E-state index >= 15 is 0 Å². The van der Waals surface area contributed by atoms with Gasteiger partial charge in [-0.15, -0.1) is 0 Å². The summed E-state index contributed by atoms with van der Waals surface area (Å²) in [6, 6.07) is 4.55. The molecule has 0 atom stereocenters. The molecule has 0 saturated carbocycles. The topological polar surface area (TPSA) is 102 Å². The molecule has 1 aromatic rings. The quantitative estimate of drug-likeness (QED) is 0.741. The van der Waals surface area contributed by atoms with Crippen molar-refractivity contribution in [3.8, 4) is 5.75 Å². The number of nitrogens with zero attached hydrogens (tertiary/aromatic N) is 1. The molecule has 7 nitrogen and oxygen atoms in total. The van der Waals surface area contributed by atoms with Crippen LogP contribution in [0.3, 0.4) is 0 Å². The Morgan fingerprint density at radius 3 is 2.59 bits per heavy atom. The SMILES string of the molecule is CCOc1ccc(NC(=O)CCCN)cc1S(=O)(=O)N(C)C. The highest BCUT2D eigenvalue weighted by Crippen LogP contribution is 2.29. The van der Waals surface area contributed by atoms with Crippen LogP contribution in [0.1, 0.15) is 19.8 Å². The fourth-order valence-electron chi connectivity index (χ4n) is 1.74. The lowest BCUT2D eigenvalue weighted by molar-refractivity contribution is -0.116. The third-order valence-corrected chi connectivity index (χ3v) is 4.73. The van der Waals surface area contributed by atoms with Crippen LogP contribution in [0.5, 0.6) is 5.75 Å². The van der Waals surface area contributed by atoms with Crippen LogP contribution in [0.4, 0.5) is 5.69 Å². The molecule has 22 heavy (non-hydrogen) atoms. The Morgan fingerprint density at radius 2 is 2.05 bits per heavy atom. The van der Waals surface area contributed by atoms with Gasteiger partial charge in [0.05, 0.1) is 6.61 Å². The highest BCUT2D eigenvalue weighted by molar-refractivity contribution is 7.89. The monoisotopic (exact) mass is 329 g/mol. The summed E-state index contributed by atoms with van der Waals surface area (Å²) in [5.41, 5.74) is 5.76. The Balaban J connectivity index is 3.12. The molecule has 0 aliphatic rings. The summed E-state index contributed by atoms with van der Waals surface area (Å²) in [6.07, 6.45) is 0.866. The number of hydrogen-bond donors (Lipinski definition) is 2. The first-order valence-electron chi connectivity index (χ1n) is 7.02. The lowest BCUT2D eigenvalue weighted by Gasteiger charge is -2.16. The van der Waals surface area contributed by atoms with Gasteiger partial charge in [0.1, 0.15) is 10.6 Å². The van der Waals surface area contributed by atoms with Gasteiger partial charge in [-0.2, -0.15) is 0 Å². The second-order valence-electron chi connectivity index (χ2n) is 4.82. The van der Waals surface area contributed by atoms with E-state index in [2.05, 4.69) is 5.32 Å². The normalized spacial score (nSPS) is 11.5. The van der Waals surface area contributed by atoms with Crippen molar-refractivity contribution in [2.45, 2.75) is 24.7 Å². The number of hydrogen-bond acceptors (Lipinski definition) is 5. The van der Waals surface area contributed by atoms with E-state index in [1.54, 1.807) is 19.1 Å². The number of ether oxygens (including phenoxy) is 1. The first kappa shape index (κ1) is 18.4. The van der Waals surface area contributed by atoms with Gasteiger partial charge in [0.2, 0.25) is 15.9 Å². The summed E-state index contributed by atoms with van der Waals surface area (Å²) < 4.78 is 31.2. The predicted octanol–water partition coefficient (Wildman–Crippen LogP) is 1.01. The van der Waals surface area contributed by atoms with Gasteiger partial charge in [0.25, 0.3) is 0 Å². The van der Waals surface area contributed by atoms with E-state index in [0.717, 1.165) is 4.31 Å². The van der Waals surface area contributed by atoms with Gasteiger partial charge in [0.15, 0.2) is 0 Å². The summed E-state index contributed by atoms with van der Waals surface area (Å²) in [7, 11) is -0.784. The molecule has 3 N–H and O–H groups in total. The molecule has 0 aliphatic carbocycles. The number of rotatable bonds is 8. The van der Waals surface area contributed by atoms with E-state index in [9.17, 15) is 13.2 Å². The summed E-state index contributed by atoms with van der Waals surface area (Å²) in [6.45, 7) is 2.55. The van der Waals surface area contributed by atoms with Gasteiger partial charge in [-0.3, -0.25) is 4.79 Å². The number of nitrogens with one attached hydrogen (secondary N) is 1. The molecule has 0 spiro atoms. The molecule has 124 valence electrons. The number of nitrogens with two attached hydrogens (primary N) is 1. The van der Waals surface area contributed by atoms with E-state index in [4.69, 9.17) is 10.5 Å². The third kappa shape index (κ3) is 4.69. The zero-order valence-corrected chi connectivity index (χ0v) is 13.9. The molecule has 0 radical (unpaired) electrons. The van der Waals surface area contributed by atoms with Crippen molar-refractivity contribution in [3.63, 3.8) is 0 Å². The molecule has 0 bridgehead atoms. The van der Waals surface area contributed by atoms with Crippen molar-refractivity contribution in [3.05, 3.63) is 18.2 Å². The Labute approximate surface area is 131 Å². The molecule has 0 saturated heterocycles. The summed E-state index contributed by atoms with van der Waals surface area (Å²) >= 11 is 0. The highest BCUT2D eigenvalue weighted by Gasteiger charge is 2.23. The Morgan fingerprint density at radius 1 is 1.36 bits per heavy atom. The van der Waals surface area contributed by atoms with E-state index < -0.39 is 10.0 Å². The highest BCUT2D eigenvalue weighted by atomic mass is 32.2. The van der Waals surface area contributed by atoms with Crippen molar-refractivity contribution in [2.24, 2.45) is 5.73 Å². The van der Waals surface area contributed by atoms with Gasteiger partial charge in [-0.1, -0.05) is 0 Å². The van der Waals surface area contributed by atoms with Crippen LogP contribution in [0.25, 0.3) is 0 Å². The zero-order chi connectivity index (χ0) is 16.8. The minimum Gasteiger partial charge on any atom is -0.492 e. The fraction of sp³-hybridized carbons (Fsp3) is 0.500. The maximum absolute atomic E-state index is 12.4. The average molecular weight is 329 g/mol. The number of carbonyl (C=O) groups excluding carboxylic acids is 1. The number of sulfonamides is 1. The number of anilines is 1. The second-order valence-corrected chi connectivity index (χ2v) is 6.94. The van der Waals surface area contributed by atoms with Gasteiger partial charge in [-0.25, -0.2) is 12.7 Å². The molecule has 0 unspecified atom stereocenters. The van der Waals surface area contributed by atoms with Crippen molar-refractivity contribution >= 4 is 21.6 Å². The van der Waals surface area contributed by atoms with Crippen molar-refractivity contribution < 1.29 is 17.9 Å². The molecule has 0 aromatic heterocycles. The van der Waals surface area contributed by atoms with E-state index in [1.165, 1.54) is 20.2 Å². The smallest absolute Gasteiger partial charge is 0.246 e. The lowest BCUT2D eigenvalue weighted by Crippen LogP contribution is -2.23. The maximum atomic E-state index is 12.4. The molecule has 0 fully saturated rings. The van der Waals surface area contributed by atoms with Gasteiger partial charge in [0, 0.05) is 26.2 Å². The van der Waals surface area contributed by atoms with E-state index in [1.807, 2.05) is 0 Å². The summed E-state index contributed by atoms with van der Waals surface area (Å²) in [5.74, 6) is 0.0546. The van der Waals surface area contributed by atoms with Crippen LogP contribution >= 0.6 is 0 Å². The predicted molar refractivity (Wildman–Crippen MR) is 85.4 cm³/mol. The second kappa shape index (κ2) is 8.11. The average Bonchev–Trinajstić information content (AvgIpc) is 2.46. The molecular weight excluding hydrogens is 306 g/mol. The first-order chi connectivity index (χ1) is 10.3. The Hall–Kier alpha value is -1.64. The molecule has 1 aromatic carbocycles. The number of amides is 1. The number of carbonyl (C=O) groups is 1. The zero-order valence-electron chi connectivity index (χ0n) is 13.1. The Kier molecular flexibility index (Phi) is 6.79. The first-order valence-corrected chi connectivity index (χ1v) is 8.46. The maximum Gasteiger partial charge on any atom is 0.246 e. The molecule has 0 heterocycles. The lowest BCUT2D eigenvalue weighted by atomic mass is 10.2. The third-order valence-electron chi connectivity index (χ3n) is 2.89. The van der Waals surface area contributed by atoms with Gasteiger partial charge < -0.3 is 15.8 Å². The van der Waals surface area contributed by atoms with Crippen molar-refractivity contribution in [1.82, 2.24) is 4.31 Å². The molecule has 8 heteroatoms. The van der Waals surface area contributed by atoms with Crippen LogP contribution in [-0.2, 0) is 14.8 Å². The number of benzene rings is 1. The largest absolute Gasteiger partial charge is 0.492 e. The molecule has 1 rings (SSSR count). The standard InChI is InChI=1S/C14H23N3O4S/c1-4-21-12-8-7-11(16-14(18)6-5-9-15)10-13(12)22(19,20)17(2)3/h7-8,10H,4-6,9,15H2,1-3H3,(H,16,18). The van der Waals surface area contributed by atoms with Crippen LogP contribution in [0, 0.1) is 0 Å². The summed E-state index contributed by atoms with van der Waals surface area (Å²) in [4.78, 5) is 11.7. The van der Waals surface area contributed by atoms with Crippen LogP contribution < -0.4 is 15.8 Å². The summed E-state index contributed by atoms with van der Waals surface area (Å²) in [5, 5.41) is 2.66. The molecular formula is C14H23N3O4S. The van der Waals surface area contributed by atoms with Crippen LogP contribution in [0.15, 0.2) is 23.1 Å². The van der Waals surface area contributed by atoms with Crippen molar-refractivity contribution in [1.29, 1.82) is 0 Å². The van der Waals surface area contributed by atoms with Gasteiger partial charge in [-0.05, 0) is 38.1 Å². The molecule has 1 amide bonds. The van der Waals surface area contributed by atoms with Crippen LogP contribution in [0.2, 0.25) is 0 Å². The van der Waals surface area contributed by atoms with Gasteiger partial charge >= 0.3 is 0 Å². The Bertz CT molecular complexity index is 615.